The number of nitrogens with zero attached hydrogens (tertiary/aromatic N) is 1. The average molecular weight is 506 g/mol. The molecule has 0 spiro atoms. The van der Waals surface area contributed by atoms with E-state index in [-0.39, 0.29) is 18.3 Å². The highest BCUT2D eigenvalue weighted by Gasteiger charge is 2.16. The summed E-state index contributed by atoms with van der Waals surface area (Å²) in [6.45, 7) is 6.73. The van der Waals surface area contributed by atoms with Crippen LogP contribution in [0, 0.1) is 5.92 Å². The van der Waals surface area contributed by atoms with Crippen molar-refractivity contribution in [3.63, 3.8) is 0 Å². The number of ketones is 1. The monoisotopic (exact) mass is 505 g/mol. The zero-order valence-electron chi connectivity index (χ0n) is 22.9. The number of carbonyl (C=O) groups is 1. The molecule has 0 aromatic carbocycles. The van der Waals surface area contributed by atoms with Crippen molar-refractivity contribution in [2.24, 2.45) is 5.92 Å². The van der Waals surface area contributed by atoms with Crippen LogP contribution in [0.15, 0.2) is 0 Å². The smallest absolute Gasteiger partial charge is 0.329 e. The highest BCUT2D eigenvalue weighted by atomic mass is 31.2. The number of hydrogen-bond acceptors (Lipinski definition) is 6. The molecule has 2 atom stereocenters. The predicted molar refractivity (Wildman–Crippen MR) is 144 cm³/mol. The summed E-state index contributed by atoms with van der Waals surface area (Å²) in [5.74, 6) is 0.0783. The van der Waals surface area contributed by atoms with Crippen molar-refractivity contribution in [3.05, 3.63) is 0 Å². The van der Waals surface area contributed by atoms with Gasteiger partial charge in [-0.25, -0.2) is 0 Å². The Morgan fingerprint density at radius 2 is 1.29 bits per heavy atom. The van der Waals surface area contributed by atoms with Crippen molar-refractivity contribution in [1.29, 1.82) is 0 Å². The van der Waals surface area contributed by atoms with Gasteiger partial charge in [0.15, 0.2) is 0 Å². The Balaban J connectivity index is 3.60. The Morgan fingerprint density at radius 1 is 0.765 bits per heavy atom. The zero-order chi connectivity index (χ0) is 25.3. The fourth-order valence-electron chi connectivity index (χ4n) is 3.95. The first-order valence-corrected chi connectivity index (χ1v) is 15.1. The fraction of sp³-hybridized carbons (Fsp3) is 0.963. The molecule has 0 amide bonds. The standard InChI is InChI=1S/C27H56NO5P/c1-5-6-7-8-9-10-11-12-13-14-15-16-17-18-21-31-24-27(23-26(2)29)25-33-34(30)32-22-19-20-28(3)4/h27,30H,5-25H2,1-4H3. The van der Waals surface area contributed by atoms with E-state index in [4.69, 9.17) is 13.8 Å². The Labute approximate surface area is 212 Å². The summed E-state index contributed by atoms with van der Waals surface area (Å²) < 4.78 is 16.6. The summed E-state index contributed by atoms with van der Waals surface area (Å²) in [6.07, 6.45) is 20.1. The average Bonchev–Trinajstić information content (AvgIpc) is 2.79. The van der Waals surface area contributed by atoms with E-state index in [9.17, 15) is 9.69 Å². The first kappa shape index (κ1) is 33.9. The molecule has 0 heterocycles. The molecule has 0 bridgehead atoms. The predicted octanol–water partition coefficient (Wildman–Crippen LogP) is 7.28. The van der Waals surface area contributed by atoms with Crippen molar-refractivity contribution < 1.29 is 23.5 Å². The van der Waals surface area contributed by atoms with Gasteiger partial charge in [-0.2, -0.15) is 0 Å². The van der Waals surface area contributed by atoms with Gasteiger partial charge in [-0.3, -0.25) is 0 Å². The van der Waals surface area contributed by atoms with Gasteiger partial charge in [0, 0.05) is 18.9 Å². The van der Waals surface area contributed by atoms with Crippen molar-refractivity contribution >= 4 is 14.4 Å². The Hall–Kier alpha value is -0.100. The van der Waals surface area contributed by atoms with Gasteiger partial charge in [-0.05, 0) is 40.4 Å². The molecular formula is C27H56NO5P. The SMILES string of the molecule is CCCCCCCCCCCCCCCCOCC(COP(O)OCCCN(C)C)CC(C)=O. The maximum Gasteiger partial charge on any atom is 0.329 e. The second-order valence-corrected chi connectivity index (χ2v) is 11.0. The molecule has 0 fully saturated rings. The van der Waals surface area contributed by atoms with Crippen LogP contribution >= 0.6 is 8.60 Å². The minimum atomic E-state index is -1.89. The lowest BCUT2D eigenvalue weighted by Crippen LogP contribution is -2.19. The number of ether oxygens (including phenoxy) is 1. The summed E-state index contributed by atoms with van der Waals surface area (Å²) in [7, 11) is 2.11. The maximum atomic E-state index is 11.5. The third-order valence-corrected chi connectivity index (χ3v) is 6.72. The summed E-state index contributed by atoms with van der Waals surface area (Å²) >= 11 is 0. The molecule has 1 N–H and O–H groups in total. The highest BCUT2D eigenvalue weighted by Crippen LogP contribution is 2.33. The minimum Gasteiger partial charge on any atom is -0.381 e. The van der Waals surface area contributed by atoms with E-state index < -0.39 is 8.60 Å². The normalized spacial score (nSPS) is 13.5. The molecule has 2 unspecified atom stereocenters. The van der Waals surface area contributed by atoms with Gasteiger partial charge in [0.05, 0.1) is 19.8 Å². The van der Waals surface area contributed by atoms with Crippen LogP contribution < -0.4 is 0 Å². The number of rotatable bonds is 27. The second kappa shape index (κ2) is 26.0. The zero-order valence-corrected chi connectivity index (χ0v) is 23.8. The third-order valence-electron chi connectivity index (χ3n) is 5.94. The Bertz CT molecular complexity index is 439. The van der Waals surface area contributed by atoms with Crippen molar-refractivity contribution in [1.82, 2.24) is 4.90 Å². The van der Waals surface area contributed by atoms with E-state index in [1.54, 1.807) is 6.92 Å². The summed E-state index contributed by atoms with van der Waals surface area (Å²) in [6, 6.07) is 0. The number of unbranched alkanes of at least 4 members (excludes halogenated alkanes) is 13. The molecule has 0 radical (unpaired) electrons. The molecule has 204 valence electrons. The molecule has 7 heteroatoms. The van der Waals surface area contributed by atoms with Crippen LogP contribution in [-0.4, -0.2) is 62.6 Å². The largest absolute Gasteiger partial charge is 0.381 e. The molecule has 0 aromatic heterocycles. The van der Waals surface area contributed by atoms with Gasteiger partial charge in [-0.15, -0.1) is 0 Å². The summed E-state index contributed by atoms with van der Waals surface area (Å²) in [5.41, 5.74) is 0. The van der Waals surface area contributed by atoms with Crippen molar-refractivity contribution in [3.8, 4) is 0 Å². The Kier molecular flexibility index (Phi) is 25.9. The van der Waals surface area contributed by atoms with Gasteiger partial charge in [-0.1, -0.05) is 90.4 Å². The number of carbonyl (C=O) groups excluding carboxylic acids is 1. The molecule has 0 saturated carbocycles. The third kappa shape index (κ3) is 26.5. The fourth-order valence-corrected chi connectivity index (χ4v) is 4.65. The minimum absolute atomic E-state index is 0.0355. The molecule has 34 heavy (non-hydrogen) atoms. The highest BCUT2D eigenvalue weighted by molar-refractivity contribution is 7.40. The summed E-state index contributed by atoms with van der Waals surface area (Å²) in [4.78, 5) is 23.5. The molecule has 0 aromatic rings. The lowest BCUT2D eigenvalue weighted by atomic mass is 10.0. The number of Topliss-reactive ketones (excluding diaryl/α,β-unsaturated/α-hetero) is 1. The quantitative estimate of drug-likeness (QED) is 0.0934. The van der Waals surface area contributed by atoms with E-state index in [0.717, 1.165) is 26.0 Å². The molecule has 0 rings (SSSR count). The van der Waals surface area contributed by atoms with Crippen LogP contribution in [0.5, 0.6) is 0 Å². The summed E-state index contributed by atoms with van der Waals surface area (Å²) in [5, 5.41) is 0. The topological polar surface area (TPSA) is 68.2 Å². The molecule has 0 aliphatic carbocycles. The van der Waals surface area contributed by atoms with Gasteiger partial charge in [0.2, 0.25) is 0 Å². The first-order valence-electron chi connectivity index (χ1n) is 13.9. The van der Waals surface area contributed by atoms with Crippen LogP contribution in [0.4, 0.5) is 0 Å². The van der Waals surface area contributed by atoms with Crippen LogP contribution in [0.25, 0.3) is 0 Å². The van der Waals surface area contributed by atoms with E-state index in [2.05, 4.69) is 11.8 Å². The molecule has 6 nitrogen and oxygen atoms in total. The molecular weight excluding hydrogens is 449 g/mol. The van der Waals surface area contributed by atoms with Crippen LogP contribution in [0.1, 0.15) is 117 Å². The van der Waals surface area contributed by atoms with Gasteiger partial charge >= 0.3 is 8.60 Å². The van der Waals surface area contributed by atoms with E-state index in [0.29, 0.717) is 19.6 Å². The van der Waals surface area contributed by atoms with E-state index >= 15 is 0 Å². The van der Waals surface area contributed by atoms with Crippen molar-refractivity contribution in [2.75, 3.05) is 47.1 Å². The van der Waals surface area contributed by atoms with Crippen LogP contribution in [0.3, 0.4) is 0 Å². The first-order chi connectivity index (χ1) is 16.5. The lowest BCUT2D eigenvalue weighted by molar-refractivity contribution is -0.118. The molecule has 0 saturated heterocycles. The Morgan fingerprint density at radius 3 is 1.79 bits per heavy atom. The van der Waals surface area contributed by atoms with Crippen molar-refractivity contribution in [2.45, 2.75) is 117 Å². The van der Waals surface area contributed by atoms with Gasteiger partial charge < -0.3 is 28.4 Å². The van der Waals surface area contributed by atoms with Crippen LogP contribution in [-0.2, 0) is 18.6 Å². The van der Waals surface area contributed by atoms with E-state index in [1.807, 2.05) is 14.1 Å². The maximum absolute atomic E-state index is 11.5. The van der Waals surface area contributed by atoms with E-state index in [1.165, 1.54) is 83.5 Å². The molecule has 0 aliphatic rings. The lowest BCUT2D eigenvalue weighted by Gasteiger charge is -2.18. The number of hydrogen-bond donors (Lipinski definition) is 1. The van der Waals surface area contributed by atoms with Crippen LogP contribution in [0.2, 0.25) is 0 Å². The van der Waals surface area contributed by atoms with Gasteiger partial charge in [0.25, 0.3) is 0 Å². The van der Waals surface area contributed by atoms with Gasteiger partial charge in [0.1, 0.15) is 5.78 Å². The second-order valence-electron chi connectivity index (χ2n) is 9.97. The molecule has 0 aliphatic heterocycles.